The molecule has 7 nitrogen and oxygen atoms in total. The first-order valence-electron chi connectivity index (χ1n) is 12.0. The Balaban J connectivity index is 1.52. The summed E-state index contributed by atoms with van der Waals surface area (Å²) < 4.78 is 11.0. The van der Waals surface area contributed by atoms with Crippen molar-refractivity contribution in [2.75, 3.05) is 23.4 Å². The molecule has 2 aromatic rings. The molecule has 0 saturated carbocycles. The van der Waals surface area contributed by atoms with Crippen molar-refractivity contribution in [2.45, 2.75) is 71.6 Å². The SMILES string of the molecule is CCC(=O)N1c2ccccc2[C@H](Nc2ccc(OCCCNC(=O)OC(C)(C)C)cc2)C[C@@H]1C. The lowest BCUT2D eigenvalue weighted by atomic mass is 9.91. The third kappa shape index (κ3) is 6.89. The lowest BCUT2D eigenvalue weighted by Gasteiger charge is -2.40. The summed E-state index contributed by atoms with van der Waals surface area (Å²) in [6.45, 7) is 10.5. The van der Waals surface area contributed by atoms with E-state index in [2.05, 4.69) is 23.6 Å². The van der Waals surface area contributed by atoms with Gasteiger partial charge in [-0.3, -0.25) is 4.79 Å². The standard InChI is InChI=1S/C27H37N3O4/c1-6-25(31)30-19(2)18-23(22-10-7-8-11-24(22)30)29-20-12-14-21(15-13-20)33-17-9-16-28-26(32)34-27(3,4)5/h7-8,10-15,19,23,29H,6,9,16-18H2,1-5H3,(H,28,32)/t19-,23+/m0/s1. The van der Waals surface area contributed by atoms with Gasteiger partial charge in [-0.25, -0.2) is 4.79 Å². The summed E-state index contributed by atoms with van der Waals surface area (Å²) in [5, 5.41) is 6.35. The van der Waals surface area contributed by atoms with Crippen molar-refractivity contribution in [1.82, 2.24) is 5.32 Å². The van der Waals surface area contributed by atoms with Crippen LogP contribution in [0, 0.1) is 0 Å². The Bertz CT molecular complexity index is 969. The van der Waals surface area contributed by atoms with Crippen LogP contribution in [-0.2, 0) is 9.53 Å². The normalized spacial score (nSPS) is 17.5. The summed E-state index contributed by atoms with van der Waals surface area (Å²) in [6, 6.07) is 16.3. The predicted molar refractivity (Wildman–Crippen MR) is 135 cm³/mol. The quantitative estimate of drug-likeness (QED) is 0.489. The first kappa shape index (κ1) is 25.4. The third-order valence-corrected chi connectivity index (χ3v) is 5.61. The number of fused-ring (bicyclic) bond motifs is 1. The number of hydrogen-bond acceptors (Lipinski definition) is 5. The number of hydrogen-bond donors (Lipinski definition) is 2. The van der Waals surface area contributed by atoms with Gasteiger partial charge in [0.05, 0.1) is 12.6 Å². The number of nitrogens with one attached hydrogen (secondary N) is 2. The lowest BCUT2D eigenvalue weighted by Crippen LogP contribution is -2.44. The highest BCUT2D eigenvalue weighted by Gasteiger charge is 2.32. The third-order valence-electron chi connectivity index (χ3n) is 5.61. The molecule has 0 saturated heterocycles. The summed E-state index contributed by atoms with van der Waals surface area (Å²) in [5.41, 5.74) is 2.63. The van der Waals surface area contributed by atoms with E-state index in [4.69, 9.17) is 9.47 Å². The highest BCUT2D eigenvalue weighted by atomic mass is 16.6. The Morgan fingerprint density at radius 1 is 1.09 bits per heavy atom. The van der Waals surface area contributed by atoms with E-state index in [-0.39, 0.29) is 18.0 Å². The van der Waals surface area contributed by atoms with E-state index in [1.165, 1.54) is 0 Å². The maximum Gasteiger partial charge on any atom is 0.407 e. The number of benzene rings is 2. The minimum Gasteiger partial charge on any atom is -0.494 e. The van der Waals surface area contributed by atoms with Crippen molar-refractivity contribution in [1.29, 1.82) is 0 Å². The predicted octanol–water partition coefficient (Wildman–Crippen LogP) is 5.67. The van der Waals surface area contributed by atoms with E-state index in [9.17, 15) is 9.59 Å². The number of amides is 2. The van der Waals surface area contributed by atoms with Crippen LogP contribution in [0.2, 0.25) is 0 Å². The zero-order valence-corrected chi connectivity index (χ0v) is 20.9. The molecule has 1 aliphatic rings. The largest absolute Gasteiger partial charge is 0.494 e. The zero-order chi connectivity index (χ0) is 24.7. The monoisotopic (exact) mass is 467 g/mol. The second-order valence-corrected chi connectivity index (χ2v) is 9.61. The first-order valence-corrected chi connectivity index (χ1v) is 12.0. The van der Waals surface area contributed by atoms with Gasteiger partial charge in [-0.2, -0.15) is 0 Å². The number of rotatable bonds is 8. The van der Waals surface area contributed by atoms with Gasteiger partial charge in [0, 0.05) is 30.4 Å². The van der Waals surface area contributed by atoms with Gasteiger partial charge in [-0.05, 0) is 76.4 Å². The summed E-state index contributed by atoms with van der Waals surface area (Å²) in [4.78, 5) is 26.1. The van der Waals surface area contributed by atoms with E-state index in [0.29, 0.717) is 26.0 Å². The maximum absolute atomic E-state index is 12.5. The fraction of sp³-hybridized carbons (Fsp3) is 0.481. The zero-order valence-electron chi connectivity index (χ0n) is 20.9. The van der Waals surface area contributed by atoms with Crippen LogP contribution >= 0.6 is 0 Å². The van der Waals surface area contributed by atoms with Gasteiger partial charge in [0.2, 0.25) is 5.91 Å². The molecule has 0 unspecified atom stereocenters. The van der Waals surface area contributed by atoms with Gasteiger partial charge in [0.15, 0.2) is 0 Å². The highest BCUT2D eigenvalue weighted by Crippen LogP contribution is 2.39. The average molecular weight is 468 g/mol. The smallest absolute Gasteiger partial charge is 0.407 e. The number of carbonyl (C=O) groups excluding carboxylic acids is 2. The van der Waals surface area contributed by atoms with Crippen LogP contribution < -0.4 is 20.3 Å². The van der Waals surface area contributed by atoms with Crippen LogP contribution in [0.3, 0.4) is 0 Å². The Hall–Kier alpha value is -3.22. The molecule has 2 atom stereocenters. The van der Waals surface area contributed by atoms with Crippen molar-refractivity contribution in [3.63, 3.8) is 0 Å². The van der Waals surface area contributed by atoms with Gasteiger partial charge in [0.25, 0.3) is 0 Å². The van der Waals surface area contributed by atoms with Crippen LogP contribution in [0.15, 0.2) is 48.5 Å². The maximum atomic E-state index is 12.5. The van der Waals surface area contributed by atoms with E-state index in [0.717, 1.165) is 29.1 Å². The second-order valence-electron chi connectivity index (χ2n) is 9.61. The molecule has 0 bridgehead atoms. The van der Waals surface area contributed by atoms with Crippen molar-refractivity contribution < 1.29 is 19.1 Å². The minimum atomic E-state index is -0.500. The van der Waals surface area contributed by atoms with E-state index in [1.54, 1.807) is 0 Å². The molecule has 2 aromatic carbocycles. The topological polar surface area (TPSA) is 79.9 Å². The molecule has 184 valence electrons. The molecule has 3 rings (SSSR count). The fourth-order valence-corrected chi connectivity index (χ4v) is 4.12. The molecule has 0 aliphatic carbocycles. The summed E-state index contributed by atoms with van der Waals surface area (Å²) >= 11 is 0. The Morgan fingerprint density at radius 3 is 2.47 bits per heavy atom. The van der Waals surface area contributed by atoms with Crippen molar-refractivity contribution in [3.05, 3.63) is 54.1 Å². The second kappa shape index (κ2) is 11.3. The van der Waals surface area contributed by atoms with Gasteiger partial charge in [0.1, 0.15) is 11.4 Å². The molecule has 1 heterocycles. The molecule has 1 aliphatic heterocycles. The number of carbonyl (C=O) groups is 2. The summed E-state index contributed by atoms with van der Waals surface area (Å²) in [7, 11) is 0. The van der Waals surface area contributed by atoms with Gasteiger partial charge >= 0.3 is 6.09 Å². The average Bonchev–Trinajstić information content (AvgIpc) is 2.78. The molecule has 34 heavy (non-hydrogen) atoms. The Kier molecular flexibility index (Phi) is 8.42. The van der Waals surface area contributed by atoms with Gasteiger partial charge in [-0.15, -0.1) is 0 Å². The molecular weight excluding hydrogens is 430 g/mol. The number of anilines is 2. The van der Waals surface area contributed by atoms with Crippen LogP contribution in [0.25, 0.3) is 0 Å². The molecular formula is C27H37N3O4. The van der Waals surface area contributed by atoms with Crippen LogP contribution in [0.4, 0.5) is 16.2 Å². The molecule has 2 amide bonds. The molecule has 7 heteroatoms. The summed E-state index contributed by atoms with van der Waals surface area (Å²) in [5.74, 6) is 0.932. The molecule has 0 radical (unpaired) electrons. The van der Waals surface area contributed by atoms with Crippen molar-refractivity contribution in [3.8, 4) is 5.75 Å². The number of nitrogens with zero attached hydrogens (tertiary/aromatic N) is 1. The van der Waals surface area contributed by atoms with E-state index < -0.39 is 11.7 Å². The fourth-order valence-electron chi connectivity index (χ4n) is 4.12. The van der Waals surface area contributed by atoms with Crippen LogP contribution in [0.5, 0.6) is 5.75 Å². The van der Waals surface area contributed by atoms with Crippen LogP contribution in [-0.4, -0.2) is 36.8 Å². The molecule has 2 N–H and O–H groups in total. The van der Waals surface area contributed by atoms with Crippen molar-refractivity contribution in [2.24, 2.45) is 0 Å². The molecule has 0 fully saturated rings. The first-order chi connectivity index (χ1) is 16.2. The Labute approximate surface area is 202 Å². The minimum absolute atomic E-state index is 0.122. The highest BCUT2D eigenvalue weighted by molar-refractivity contribution is 5.95. The summed E-state index contributed by atoms with van der Waals surface area (Å²) in [6.07, 6.45) is 1.60. The number of alkyl carbamates (subject to hydrolysis) is 1. The van der Waals surface area contributed by atoms with E-state index in [1.807, 2.05) is 75.1 Å². The Morgan fingerprint density at radius 2 is 1.79 bits per heavy atom. The number of para-hydroxylation sites is 1. The number of ether oxygens (including phenoxy) is 2. The van der Waals surface area contributed by atoms with Gasteiger partial charge < -0.3 is 25.0 Å². The van der Waals surface area contributed by atoms with Crippen molar-refractivity contribution >= 4 is 23.4 Å². The lowest BCUT2D eigenvalue weighted by molar-refractivity contribution is -0.118. The van der Waals surface area contributed by atoms with Crippen LogP contribution in [0.1, 0.15) is 65.5 Å². The van der Waals surface area contributed by atoms with Gasteiger partial charge in [-0.1, -0.05) is 25.1 Å². The van der Waals surface area contributed by atoms with E-state index >= 15 is 0 Å². The molecule has 0 spiro atoms. The molecule has 0 aromatic heterocycles.